The summed E-state index contributed by atoms with van der Waals surface area (Å²) in [6, 6.07) is 0.850. The van der Waals surface area contributed by atoms with Crippen molar-refractivity contribution >= 4 is 28.2 Å². The van der Waals surface area contributed by atoms with Gasteiger partial charge in [0.15, 0.2) is 5.13 Å². The van der Waals surface area contributed by atoms with Crippen molar-refractivity contribution < 1.29 is 4.79 Å². The van der Waals surface area contributed by atoms with E-state index in [-0.39, 0.29) is 5.91 Å². The standard InChI is InChI=1S/C12H18N4OS/c1-7-3-2-6-16(7)11(17)9-10(13)15-12(18-9)14-8-4-5-8/h7-8H,2-6,13H2,1H3,(H,14,15). The van der Waals surface area contributed by atoms with E-state index in [9.17, 15) is 4.79 Å². The second kappa shape index (κ2) is 4.42. The van der Waals surface area contributed by atoms with Gasteiger partial charge in [0.2, 0.25) is 0 Å². The fourth-order valence-corrected chi connectivity index (χ4v) is 3.23. The van der Waals surface area contributed by atoms with Crippen LogP contribution in [0.1, 0.15) is 42.3 Å². The number of rotatable bonds is 3. The highest BCUT2D eigenvalue weighted by Crippen LogP contribution is 2.32. The van der Waals surface area contributed by atoms with Gasteiger partial charge in [-0.25, -0.2) is 4.98 Å². The molecule has 1 saturated carbocycles. The minimum absolute atomic E-state index is 0.0406. The Morgan fingerprint density at radius 3 is 2.89 bits per heavy atom. The summed E-state index contributed by atoms with van der Waals surface area (Å²) in [6.07, 6.45) is 4.54. The molecule has 1 aromatic rings. The predicted octanol–water partition coefficient (Wildman–Crippen LogP) is 1.92. The number of nitrogens with zero attached hydrogens (tertiary/aromatic N) is 2. The lowest BCUT2D eigenvalue weighted by molar-refractivity contribution is 0.0753. The fourth-order valence-electron chi connectivity index (χ4n) is 2.31. The van der Waals surface area contributed by atoms with Gasteiger partial charge in [-0.05, 0) is 32.6 Å². The molecular weight excluding hydrogens is 248 g/mol. The molecule has 3 rings (SSSR count). The van der Waals surface area contributed by atoms with Crippen LogP contribution in [0, 0.1) is 0 Å². The second-order valence-electron chi connectivity index (χ2n) is 5.14. The number of amides is 1. The van der Waals surface area contributed by atoms with Crippen molar-refractivity contribution in [1.82, 2.24) is 9.88 Å². The van der Waals surface area contributed by atoms with Crippen molar-refractivity contribution in [2.75, 3.05) is 17.6 Å². The van der Waals surface area contributed by atoms with Crippen LogP contribution in [0.2, 0.25) is 0 Å². The van der Waals surface area contributed by atoms with Gasteiger partial charge in [0.25, 0.3) is 5.91 Å². The SMILES string of the molecule is CC1CCCN1C(=O)c1sc(NC2CC2)nc1N. The maximum absolute atomic E-state index is 12.4. The minimum atomic E-state index is 0.0406. The Morgan fingerprint density at radius 1 is 1.50 bits per heavy atom. The molecule has 98 valence electrons. The van der Waals surface area contributed by atoms with E-state index in [4.69, 9.17) is 5.73 Å². The molecule has 0 spiro atoms. The van der Waals surface area contributed by atoms with Crippen molar-refractivity contribution in [3.05, 3.63) is 4.88 Å². The van der Waals surface area contributed by atoms with Gasteiger partial charge in [-0.15, -0.1) is 0 Å². The largest absolute Gasteiger partial charge is 0.382 e. The van der Waals surface area contributed by atoms with E-state index in [0.29, 0.717) is 22.8 Å². The first-order valence-corrected chi connectivity index (χ1v) is 7.30. The van der Waals surface area contributed by atoms with Crippen LogP contribution >= 0.6 is 11.3 Å². The molecule has 1 saturated heterocycles. The quantitative estimate of drug-likeness (QED) is 0.877. The number of aromatic nitrogens is 1. The highest BCUT2D eigenvalue weighted by molar-refractivity contribution is 7.18. The molecule has 1 aliphatic heterocycles. The van der Waals surface area contributed by atoms with Crippen LogP contribution < -0.4 is 11.1 Å². The van der Waals surface area contributed by atoms with Gasteiger partial charge in [0.1, 0.15) is 10.7 Å². The number of nitrogens with one attached hydrogen (secondary N) is 1. The van der Waals surface area contributed by atoms with Crippen molar-refractivity contribution in [3.8, 4) is 0 Å². The molecule has 2 fully saturated rings. The Hall–Kier alpha value is -1.30. The lowest BCUT2D eigenvalue weighted by Crippen LogP contribution is -2.33. The maximum atomic E-state index is 12.4. The molecular formula is C12H18N4OS. The van der Waals surface area contributed by atoms with E-state index < -0.39 is 0 Å². The number of anilines is 2. The first-order valence-electron chi connectivity index (χ1n) is 6.49. The molecule has 1 aromatic heterocycles. The average Bonchev–Trinajstić information content (AvgIpc) is 2.91. The highest BCUT2D eigenvalue weighted by atomic mass is 32.1. The molecule has 3 N–H and O–H groups in total. The number of carbonyl (C=O) groups excluding carboxylic acids is 1. The third-order valence-corrected chi connectivity index (χ3v) is 4.56. The van der Waals surface area contributed by atoms with Crippen LogP contribution in [0.4, 0.5) is 10.9 Å². The number of likely N-dealkylation sites (tertiary alicyclic amines) is 1. The zero-order chi connectivity index (χ0) is 12.7. The Morgan fingerprint density at radius 2 is 2.28 bits per heavy atom. The number of thiazole rings is 1. The van der Waals surface area contributed by atoms with E-state index in [0.717, 1.165) is 24.5 Å². The average molecular weight is 266 g/mol. The van der Waals surface area contributed by atoms with Gasteiger partial charge < -0.3 is 16.0 Å². The number of carbonyl (C=O) groups is 1. The van der Waals surface area contributed by atoms with Gasteiger partial charge >= 0.3 is 0 Å². The van der Waals surface area contributed by atoms with Crippen LogP contribution in [0.15, 0.2) is 0 Å². The molecule has 2 heterocycles. The van der Waals surface area contributed by atoms with Crippen molar-refractivity contribution in [1.29, 1.82) is 0 Å². The fraction of sp³-hybridized carbons (Fsp3) is 0.667. The van der Waals surface area contributed by atoms with Crippen LogP contribution in [0.3, 0.4) is 0 Å². The van der Waals surface area contributed by atoms with Crippen LogP contribution in [0.25, 0.3) is 0 Å². The number of nitrogen functional groups attached to an aromatic ring is 1. The van der Waals surface area contributed by atoms with Crippen LogP contribution in [0.5, 0.6) is 0 Å². The number of nitrogens with two attached hydrogens (primary N) is 1. The van der Waals surface area contributed by atoms with Gasteiger partial charge in [-0.1, -0.05) is 11.3 Å². The lowest BCUT2D eigenvalue weighted by atomic mass is 10.2. The van der Waals surface area contributed by atoms with E-state index in [1.165, 1.54) is 24.2 Å². The Bertz CT molecular complexity index is 469. The molecule has 2 aliphatic rings. The van der Waals surface area contributed by atoms with Gasteiger partial charge in [0, 0.05) is 18.6 Å². The van der Waals surface area contributed by atoms with Gasteiger partial charge in [-0.3, -0.25) is 4.79 Å². The monoisotopic (exact) mass is 266 g/mol. The molecule has 5 nitrogen and oxygen atoms in total. The lowest BCUT2D eigenvalue weighted by Gasteiger charge is -2.20. The van der Waals surface area contributed by atoms with Crippen molar-refractivity contribution in [2.24, 2.45) is 0 Å². The first kappa shape index (κ1) is 11.8. The smallest absolute Gasteiger partial charge is 0.268 e. The predicted molar refractivity (Wildman–Crippen MR) is 72.9 cm³/mol. The topological polar surface area (TPSA) is 71.2 Å². The third kappa shape index (κ3) is 2.16. The summed E-state index contributed by atoms with van der Waals surface area (Å²) in [5.41, 5.74) is 5.86. The summed E-state index contributed by atoms with van der Waals surface area (Å²) in [6.45, 7) is 2.92. The molecule has 1 amide bonds. The van der Waals surface area contributed by atoms with E-state index >= 15 is 0 Å². The van der Waals surface area contributed by atoms with E-state index in [2.05, 4.69) is 17.2 Å². The van der Waals surface area contributed by atoms with Crippen LogP contribution in [-0.2, 0) is 0 Å². The summed E-state index contributed by atoms with van der Waals surface area (Å²) in [7, 11) is 0. The Labute approximate surface area is 110 Å². The maximum Gasteiger partial charge on any atom is 0.268 e. The first-order chi connectivity index (χ1) is 8.65. The Kier molecular flexibility index (Phi) is 2.89. The molecule has 6 heteroatoms. The number of hydrogen-bond acceptors (Lipinski definition) is 5. The zero-order valence-corrected chi connectivity index (χ0v) is 11.3. The Balaban J connectivity index is 1.77. The minimum Gasteiger partial charge on any atom is -0.382 e. The zero-order valence-electron chi connectivity index (χ0n) is 10.5. The van der Waals surface area contributed by atoms with Crippen molar-refractivity contribution in [3.63, 3.8) is 0 Å². The molecule has 18 heavy (non-hydrogen) atoms. The molecule has 1 unspecified atom stereocenters. The summed E-state index contributed by atoms with van der Waals surface area (Å²) in [5.74, 6) is 0.408. The molecule has 0 radical (unpaired) electrons. The normalized spacial score (nSPS) is 23.4. The number of hydrogen-bond donors (Lipinski definition) is 2. The second-order valence-corrected chi connectivity index (χ2v) is 6.14. The summed E-state index contributed by atoms with van der Waals surface area (Å²) < 4.78 is 0. The van der Waals surface area contributed by atoms with Gasteiger partial charge in [0.05, 0.1) is 0 Å². The summed E-state index contributed by atoms with van der Waals surface area (Å²) in [4.78, 5) is 19.1. The van der Waals surface area contributed by atoms with Crippen LogP contribution in [-0.4, -0.2) is 34.4 Å². The highest BCUT2D eigenvalue weighted by Gasteiger charge is 2.30. The molecule has 1 atom stereocenters. The summed E-state index contributed by atoms with van der Waals surface area (Å²) in [5, 5.41) is 4.07. The van der Waals surface area contributed by atoms with E-state index in [1.807, 2.05) is 4.90 Å². The summed E-state index contributed by atoms with van der Waals surface area (Å²) >= 11 is 1.39. The molecule has 0 bridgehead atoms. The van der Waals surface area contributed by atoms with Crippen molar-refractivity contribution in [2.45, 2.75) is 44.7 Å². The van der Waals surface area contributed by atoms with E-state index in [1.54, 1.807) is 0 Å². The molecule has 0 aromatic carbocycles. The van der Waals surface area contributed by atoms with Gasteiger partial charge in [-0.2, -0.15) is 0 Å². The third-order valence-electron chi connectivity index (χ3n) is 3.57. The molecule has 1 aliphatic carbocycles.